The van der Waals surface area contributed by atoms with Crippen LogP contribution in [-0.4, -0.2) is 0 Å². The molecule has 0 atom stereocenters. The zero-order chi connectivity index (χ0) is 40.3. The van der Waals surface area contributed by atoms with Gasteiger partial charge in [0.25, 0.3) is 0 Å². The summed E-state index contributed by atoms with van der Waals surface area (Å²) in [5, 5.41) is 6.60. The van der Waals surface area contributed by atoms with E-state index in [1.807, 2.05) is 12.1 Å². The molecule has 0 amide bonds. The lowest BCUT2D eigenvalue weighted by Gasteiger charge is -2.28. The monoisotopic (exact) mass is 779 g/mol. The second-order valence-electron chi connectivity index (χ2n) is 15.6. The first kappa shape index (κ1) is 34.9. The van der Waals surface area contributed by atoms with Gasteiger partial charge in [0.05, 0.1) is 16.8 Å². The molecule has 0 bridgehead atoms. The molecule has 0 unspecified atom stereocenters. The van der Waals surface area contributed by atoms with Crippen molar-refractivity contribution in [2.24, 2.45) is 0 Å². The maximum atomic E-state index is 6.77. The van der Waals surface area contributed by atoms with Gasteiger partial charge in [-0.1, -0.05) is 176 Å². The maximum absolute atomic E-state index is 6.77. The normalized spacial score (nSPS) is 11.6. The zero-order valence-electron chi connectivity index (χ0n) is 33.1. The first-order valence-electron chi connectivity index (χ1n) is 20.7. The van der Waals surface area contributed by atoms with Crippen LogP contribution >= 0.6 is 0 Å². The van der Waals surface area contributed by atoms with Crippen LogP contribution in [0, 0.1) is 0 Å². The molecule has 0 aliphatic carbocycles. The summed E-state index contributed by atoms with van der Waals surface area (Å²) in [6.45, 7) is 0. The second kappa shape index (κ2) is 14.3. The van der Waals surface area contributed by atoms with E-state index in [2.05, 4.69) is 217 Å². The third kappa shape index (κ3) is 5.82. The van der Waals surface area contributed by atoms with E-state index in [1.54, 1.807) is 0 Å². The van der Waals surface area contributed by atoms with Crippen LogP contribution in [0.4, 0.5) is 17.1 Å². The molecule has 0 radical (unpaired) electrons. The number of hydrogen-bond donors (Lipinski definition) is 0. The molecule has 286 valence electrons. The van der Waals surface area contributed by atoms with Gasteiger partial charge in [-0.25, -0.2) is 0 Å². The zero-order valence-corrected chi connectivity index (χ0v) is 33.1. The van der Waals surface area contributed by atoms with Crippen molar-refractivity contribution in [3.05, 3.63) is 224 Å². The molecule has 0 aliphatic rings. The number of benzene rings is 10. The van der Waals surface area contributed by atoms with E-state index in [0.717, 1.165) is 88.4 Å². The summed E-state index contributed by atoms with van der Waals surface area (Å²) in [5.74, 6) is 0. The number of para-hydroxylation sites is 3. The van der Waals surface area contributed by atoms with Gasteiger partial charge in [0.15, 0.2) is 0 Å². The predicted octanol–water partition coefficient (Wildman–Crippen LogP) is 16.8. The number of hydrogen-bond acceptors (Lipinski definition) is 3. The van der Waals surface area contributed by atoms with E-state index in [-0.39, 0.29) is 0 Å². The quantitative estimate of drug-likeness (QED) is 0.161. The SMILES string of the molecule is c1ccc(-c2ccc(-c3ccc(N(c4ccccc4-c4cccc5c4oc4ccccc45)c4cccc5oc6c7ccccc7ccc6c45)cc3)c(-c3ccccc3)c2)cc1. The summed E-state index contributed by atoms with van der Waals surface area (Å²) < 4.78 is 13.4. The number of furan rings is 2. The molecule has 2 heterocycles. The number of rotatable bonds is 7. The van der Waals surface area contributed by atoms with Crippen molar-refractivity contribution in [3.8, 4) is 44.5 Å². The molecule has 2 aromatic heterocycles. The Hall–Kier alpha value is -8.14. The third-order valence-corrected chi connectivity index (χ3v) is 12.1. The van der Waals surface area contributed by atoms with Gasteiger partial charge in [-0.15, -0.1) is 0 Å². The minimum absolute atomic E-state index is 0.841. The predicted molar refractivity (Wildman–Crippen MR) is 255 cm³/mol. The van der Waals surface area contributed by atoms with Crippen LogP contribution in [0.1, 0.15) is 0 Å². The van der Waals surface area contributed by atoms with Gasteiger partial charge in [-0.05, 0) is 87.3 Å². The highest BCUT2D eigenvalue weighted by Crippen LogP contribution is 2.49. The van der Waals surface area contributed by atoms with E-state index >= 15 is 0 Å². The van der Waals surface area contributed by atoms with E-state index in [0.29, 0.717) is 0 Å². The van der Waals surface area contributed by atoms with Crippen molar-refractivity contribution in [2.45, 2.75) is 0 Å². The molecule has 0 spiro atoms. The van der Waals surface area contributed by atoms with Crippen molar-refractivity contribution in [3.63, 3.8) is 0 Å². The van der Waals surface area contributed by atoms with Gasteiger partial charge in [0, 0.05) is 38.4 Å². The Kier molecular flexibility index (Phi) is 8.17. The Labute approximate surface area is 353 Å². The third-order valence-electron chi connectivity index (χ3n) is 12.1. The van der Waals surface area contributed by atoms with Gasteiger partial charge in [-0.2, -0.15) is 0 Å². The summed E-state index contributed by atoms with van der Waals surface area (Å²) in [7, 11) is 0. The average Bonchev–Trinajstić information content (AvgIpc) is 3.92. The summed E-state index contributed by atoms with van der Waals surface area (Å²) in [6.07, 6.45) is 0. The fourth-order valence-electron chi connectivity index (χ4n) is 9.24. The molecule has 0 saturated heterocycles. The van der Waals surface area contributed by atoms with Crippen LogP contribution in [0.2, 0.25) is 0 Å². The molecule has 0 saturated carbocycles. The van der Waals surface area contributed by atoms with Crippen molar-refractivity contribution in [1.29, 1.82) is 0 Å². The van der Waals surface area contributed by atoms with Crippen LogP contribution in [-0.2, 0) is 0 Å². The van der Waals surface area contributed by atoms with E-state index in [9.17, 15) is 0 Å². The molecule has 61 heavy (non-hydrogen) atoms. The van der Waals surface area contributed by atoms with Gasteiger partial charge >= 0.3 is 0 Å². The van der Waals surface area contributed by atoms with Crippen LogP contribution < -0.4 is 4.90 Å². The minimum atomic E-state index is 0.841. The van der Waals surface area contributed by atoms with Crippen LogP contribution in [0.3, 0.4) is 0 Å². The molecular weight excluding hydrogens is 743 g/mol. The Morgan fingerprint density at radius 2 is 0.902 bits per heavy atom. The number of anilines is 3. The summed E-state index contributed by atoms with van der Waals surface area (Å²) in [6, 6.07) is 79.8. The Morgan fingerprint density at radius 1 is 0.295 bits per heavy atom. The summed E-state index contributed by atoms with van der Waals surface area (Å²) >= 11 is 0. The fourth-order valence-corrected chi connectivity index (χ4v) is 9.24. The van der Waals surface area contributed by atoms with Crippen molar-refractivity contribution in [1.82, 2.24) is 0 Å². The van der Waals surface area contributed by atoms with Crippen LogP contribution in [0.25, 0.3) is 99.2 Å². The first-order chi connectivity index (χ1) is 30.3. The lowest BCUT2D eigenvalue weighted by molar-refractivity contribution is 0.670. The molecule has 0 aliphatic heterocycles. The molecule has 12 aromatic rings. The summed E-state index contributed by atoms with van der Waals surface area (Å²) in [4.78, 5) is 2.39. The summed E-state index contributed by atoms with van der Waals surface area (Å²) in [5.41, 5.74) is 15.7. The molecule has 10 aromatic carbocycles. The highest BCUT2D eigenvalue weighted by atomic mass is 16.3. The molecule has 0 N–H and O–H groups in total. The average molecular weight is 780 g/mol. The smallest absolute Gasteiger partial charge is 0.143 e. The second-order valence-corrected chi connectivity index (χ2v) is 15.6. The largest absolute Gasteiger partial charge is 0.455 e. The van der Waals surface area contributed by atoms with E-state index in [1.165, 1.54) is 27.8 Å². The standard InChI is InChI=1S/C58H37NO2/c1-3-15-38(16-4-1)42-32-35-44(51(37-42)39-17-5-2-6-18-39)41-29-33-43(34-30-41)59(53-26-14-28-55-56(53)50-36-31-40-19-7-8-20-45(40)57(50)61-55)52-25-11-9-21-46(52)48-23-13-24-49-47-22-10-12-27-54(47)60-58(48)49/h1-37H. The van der Waals surface area contributed by atoms with E-state index in [4.69, 9.17) is 8.83 Å². The molecule has 3 heteroatoms. The Bertz CT molecular complexity index is 3580. The number of nitrogens with zero attached hydrogens (tertiary/aromatic N) is 1. The van der Waals surface area contributed by atoms with E-state index < -0.39 is 0 Å². The van der Waals surface area contributed by atoms with Crippen molar-refractivity contribution < 1.29 is 8.83 Å². The Morgan fingerprint density at radius 3 is 1.75 bits per heavy atom. The lowest BCUT2D eigenvalue weighted by atomic mass is 9.91. The first-order valence-corrected chi connectivity index (χ1v) is 20.7. The molecule has 12 rings (SSSR count). The molecule has 3 nitrogen and oxygen atoms in total. The van der Waals surface area contributed by atoms with Crippen molar-refractivity contribution in [2.75, 3.05) is 4.90 Å². The van der Waals surface area contributed by atoms with Crippen molar-refractivity contribution >= 4 is 71.7 Å². The lowest BCUT2D eigenvalue weighted by Crippen LogP contribution is -2.11. The Balaban J connectivity index is 1.08. The highest BCUT2D eigenvalue weighted by Gasteiger charge is 2.24. The number of fused-ring (bicyclic) bond motifs is 8. The molecule has 0 fully saturated rings. The minimum Gasteiger partial charge on any atom is -0.455 e. The maximum Gasteiger partial charge on any atom is 0.143 e. The topological polar surface area (TPSA) is 29.5 Å². The highest BCUT2D eigenvalue weighted by molar-refractivity contribution is 6.20. The van der Waals surface area contributed by atoms with Crippen LogP contribution in [0.5, 0.6) is 0 Å². The van der Waals surface area contributed by atoms with Gasteiger partial charge in [0.1, 0.15) is 22.3 Å². The van der Waals surface area contributed by atoms with Gasteiger partial charge in [-0.3, -0.25) is 0 Å². The van der Waals surface area contributed by atoms with Gasteiger partial charge in [0.2, 0.25) is 0 Å². The fraction of sp³-hybridized carbons (Fsp3) is 0. The molecular formula is C58H37NO2. The van der Waals surface area contributed by atoms with Gasteiger partial charge < -0.3 is 13.7 Å². The van der Waals surface area contributed by atoms with Crippen LogP contribution in [0.15, 0.2) is 233 Å².